The van der Waals surface area contributed by atoms with E-state index in [4.69, 9.17) is 0 Å². The van der Waals surface area contributed by atoms with Gasteiger partial charge in [0.25, 0.3) is 0 Å². The van der Waals surface area contributed by atoms with Crippen LogP contribution in [0.25, 0.3) is 0 Å². The number of guanidine groups is 1. The second-order valence-electron chi connectivity index (χ2n) is 5.38. The molecule has 0 aliphatic heterocycles. The number of halogens is 4. The standard InChI is InChI=1S/C17H21F3N4S.HI/c1-3-15-24-14(11-25-15)8-9-22-16(21-2)23-10-12-4-6-13(7-5-12)17(18,19)20;/h4-7,11H,3,8-10H2,1-2H3,(H2,21,22,23);1H. The topological polar surface area (TPSA) is 49.3 Å². The van der Waals surface area contributed by atoms with Crippen molar-refractivity contribution in [1.29, 1.82) is 0 Å². The molecule has 2 rings (SSSR count). The van der Waals surface area contributed by atoms with Crippen molar-refractivity contribution in [1.82, 2.24) is 15.6 Å². The second kappa shape index (κ2) is 10.7. The van der Waals surface area contributed by atoms with Crippen LogP contribution in [-0.4, -0.2) is 24.5 Å². The number of alkyl halides is 3. The average Bonchev–Trinajstić information content (AvgIpc) is 3.05. The van der Waals surface area contributed by atoms with Gasteiger partial charge in [-0.25, -0.2) is 4.98 Å². The van der Waals surface area contributed by atoms with Crippen LogP contribution in [0.1, 0.15) is 28.8 Å². The van der Waals surface area contributed by atoms with E-state index < -0.39 is 11.7 Å². The molecule has 0 aliphatic rings. The molecule has 144 valence electrons. The van der Waals surface area contributed by atoms with Crippen LogP contribution in [0.15, 0.2) is 34.6 Å². The Hall–Kier alpha value is -1.36. The molecular formula is C17H22F3IN4S. The second-order valence-corrected chi connectivity index (χ2v) is 6.33. The molecule has 0 bridgehead atoms. The van der Waals surface area contributed by atoms with Crippen molar-refractivity contribution in [2.24, 2.45) is 4.99 Å². The fraction of sp³-hybridized carbons (Fsp3) is 0.412. The Kier molecular flexibility index (Phi) is 9.34. The molecule has 0 aliphatic carbocycles. The van der Waals surface area contributed by atoms with Gasteiger partial charge in [-0.3, -0.25) is 4.99 Å². The monoisotopic (exact) mass is 498 g/mol. The molecule has 26 heavy (non-hydrogen) atoms. The lowest BCUT2D eigenvalue weighted by molar-refractivity contribution is -0.137. The highest BCUT2D eigenvalue weighted by molar-refractivity contribution is 14.0. The highest BCUT2D eigenvalue weighted by Gasteiger charge is 2.29. The van der Waals surface area contributed by atoms with Crippen LogP contribution in [0.4, 0.5) is 13.2 Å². The minimum Gasteiger partial charge on any atom is -0.356 e. The Morgan fingerprint density at radius 1 is 1.19 bits per heavy atom. The summed E-state index contributed by atoms with van der Waals surface area (Å²) in [5, 5.41) is 9.44. The minimum absolute atomic E-state index is 0. The highest BCUT2D eigenvalue weighted by atomic mass is 127. The fourth-order valence-corrected chi connectivity index (χ4v) is 2.93. The van der Waals surface area contributed by atoms with Gasteiger partial charge in [-0.2, -0.15) is 13.2 Å². The maximum Gasteiger partial charge on any atom is 0.416 e. The van der Waals surface area contributed by atoms with E-state index in [9.17, 15) is 13.2 Å². The van der Waals surface area contributed by atoms with Crippen LogP contribution in [-0.2, 0) is 25.6 Å². The molecule has 0 radical (unpaired) electrons. The van der Waals surface area contributed by atoms with E-state index in [0.29, 0.717) is 19.0 Å². The maximum absolute atomic E-state index is 12.5. The van der Waals surface area contributed by atoms with Crippen LogP contribution in [0.5, 0.6) is 0 Å². The largest absolute Gasteiger partial charge is 0.416 e. The Labute approximate surface area is 172 Å². The predicted octanol–water partition coefficient (Wildman–Crippen LogP) is 4.25. The average molecular weight is 498 g/mol. The molecule has 0 atom stereocenters. The molecule has 1 aromatic carbocycles. The number of aryl methyl sites for hydroxylation is 1. The van der Waals surface area contributed by atoms with Crippen molar-refractivity contribution < 1.29 is 13.2 Å². The summed E-state index contributed by atoms with van der Waals surface area (Å²) in [6.45, 7) is 3.15. The molecule has 2 aromatic rings. The van der Waals surface area contributed by atoms with Crippen molar-refractivity contribution in [3.05, 3.63) is 51.5 Å². The van der Waals surface area contributed by atoms with E-state index in [1.54, 1.807) is 18.4 Å². The number of benzene rings is 1. The zero-order chi connectivity index (χ0) is 18.3. The number of aliphatic imine (C=N–C) groups is 1. The molecule has 0 unspecified atom stereocenters. The first-order valence-electron chi connectivity index (χ1n) is 7.96. The van der Waals surface area contributed by atoms with Crippen LogP contribution >= 0.6 is 35.3 Å². The summed E-state index contributed by atoms with van der Waals surface area (Å²) in [6.07, 6.45) is -2.58. The highest BCUT2D eigenvalue weighted by Crippen LogP contribution is 2.29. The molecule has 0 amide bonds. The molecule has 0 fully saturated rings. The number of aromatic nitrogens is 1. The lowest BCUT2D eigenvalue weighted by Gasteiger charge is -2.12. The van der Waals surface area contributed by atoms with E-state index >= 15 is 0 Å². The lowest BCUT2D eigenvalue weighted by atomic mass is 10.1. The first kappa shape index (κ1) is 22.7. The molecule has 0 saturated heterocycles. The molecule has 4 nitrogen and oxygen atoms in total. The normalized spacial score (nSPS) is 11.8. The third-order valence-corrected chi connectivity index (χ3v) is 4.58. The van der Waals surface area contributed by atoms with Gasteiger partial charge in [-0.15, -0.1) is 35.3 Å². The minimum atomic E-state index is -4.31. The molecular weight excluding hydrogens is 476 g/mol. The summed E-state index contributed by atoms with van der Waals surface area (Å²) in [4.78, 5) is 8.61. The molecule has 9 heteroatoms. The molecule has 1 heterocycles. The third-order valence-electron chi connectivity index (χ3n) is 3.54. The smallest absolute Gasteiger partial charge is 0.356 e. The third kappa shape index (κ3) is 7.10. The number of nitrogens with zero attached hydrogens (tertiary/aromatic N) is 2. The van der Waals surface area contributed by atoms with Crippen molar-refractivity contribution in [3.8, 4) is 0 Å². The summed E-state index contributed by atoms with van der Waals surface area (Å²) in [5.74, 6) is 0.603. The van der Waals surface area contributed by atoms with Gasteiger partial charge in [0.15, 0.2) is 5.96 Å². The number of thiazole rings is 1. The summed E-state index contributed by atoms with van der Waals surface area (Å²) in [5.41, 5.74) is 1.16. The van der Waals surface area contributed by atoms with E-state index in [-0.39, 0.29) is 24.0 Å². The summed E-state index contributed by atoms with van der Waals surface area (Å²) >= 11 is 1.66. The van der Waals surface area contributed by atoms with E-state index in [2.05, 4.69) is 32.9 Å². The predicted molar refractivity (Wildman–Crippen MR) is 110 cm³/mol. The molecule has 2 N–H and O–H groups in total. The quantitative estimate of drug-likeness (QED) is 0.356. The van der Waals surface area contributed by atoms with Crippen molar-refractivity contribution >= 4 is 41.3 Å². The Morgan fingerprint density at radius 3 is 2.42 bits per heavy atom. The number of hydrogen-bond acceptors (Lipinski definition) is 3. The number of hydrogen-bond donors (Lipinski definition) is 2. The first-order chi connectivity index (χ1) is 11.9. The number of nitrogens with one attached hydrogen (secondary N) is 2. The molecule has 1 aromatic heterocycles. The van der Waals surface area contributed by atoms with Crippen molar-refractivity contribution in [2.45, 2.75) is 32.5 Å². The Morgan fingerprint density at radius 2 is 1.88 bits per heavy atom. The van der Waals surface area contributed by atoms with Gasteiger partial charge in [0, 0.05) is 31.9 Å². The van der Waals surface area contributed by atoms with Crippen LogP contribution < -0.4 is 10.6 Å². The SMILES string of the molecule is CCc1nc(CCNC(=NC)NCc2ccc(C(F)(F)F)cc2)cs1.I. The van der Waals surface area contributed by atoms with Gasteiger partial charge in [0.05, 0.1) is 16.3 Å². The zero-order valence-electron chi connectivity index (χ0n) is 14.6. The summed E-state index contributed by atoms with van der Waals surface area (Å²) in [7, 11) is 1.65. The summed E-state index contributed by atoms with van der Waals surface area (Å²) in [6, 6.07) is 5.09. The Bertz CT molecular complexity index is 699. The van der Waals surface area contributed by atoms with Crippen molar-refractivity contribution in [3.63, 3.8) is 0 Å². The van der Waals surface area contributed by atoms with E-state index in [1.807, 2.05) is 0 Å². The van der Waals surface area contributed by atoms with Gasteiger partial charge >= 0.3 is 6.18 Å². The Balaban J connectivity index is 0.00000338. The van der Waals surface area contributed by atoms with Crippen LogP contribution in [0.2, 0.25) is 0 Å². The van der Waals surface area contributed by atoms with Gasteiger partial charge in [0.2, 0.25) is 0 Å². The lowest BCUT2D eigenvalue weighted by Crippen LogP contribution is -2.37. The van der Waals surface area contributed by atoms with Gasteiger partial charge in [0.1, 0.15) is 0 Å². The van der Waals surface area contributed by atoms with E-state index in [1.165, 1.54) is 12.1 Å². The summed E-state index contributed by atoms with van der Waals surface area (Å²) < 4.78 is 37.6. The van der Waals surface area contributed by atoms with Crippen LogP contribution in [0, 0.1) is 0 Å². The van der Waals surface area contributed by atoms with Crippen molar-refractivity contribution in [2.75, 3.05) is 13.6 Å². The number of rotatable bonds is 6. The van der Waals surface area contributed by atoms with Crippen LogP contribution in [0.3, 0.4) is 0 Å². The van der Waals surface area contributed by atoms with Gasteiger partial charge in [-0.1, -0.05) is 19.1 Å². The maximum atomic E-state index is 12.5. The molecule has 0 saturated carbocycles. The zero-order valence-corrected chi connectivity index (χ0v) is 17.7. The first-order valence-corrected chi connectivity index (χ1v) is 8.84. The van der Waals surface area contributed by atoms with E-state index in [0.717, 1.165) is 41.2 Å². The fourth-order valence-electron chi connectivity index (χ4n) is 2.15. The van der Waals surface area contributed by atoms with Gasteiger partial charge < -0.3 is 10.6 Å². The van der Waals surface area contributed by atoms with Gasteiger partial charge in [-0.05, 0) is 24.1 Å². The molecule has 0 spiro atoms.